The summed E-state index contributed by atoms with van der Waals surface area (Å²) in [6, 6.07) is 18.0. The van der Waals surface area contributed by atoms with Crippen molar-refractivity contribution in [1.82, 2.24) is 14.5 Å². The van der Waals surface area contributed by atoms with Gasteiger partial charge in [-0.05, 0) is 53.6 Å². The van der Waals surface area contributed by atoms with Crippen LogP contribution in [0.4, 0.5) is 0 Å². The van der Waals surface area contributed by atoms with E-state index in [1.165, 1.54) is 11.3 Å². The first kappa shape index (κ1) is 19.8. The Bertz CT molecular complexity index is 1050. The van der Waals surface area contributed by atoms with Crippen LogP contribution in [-0.4, -0.2) is 14.5 Å². The maximum Gasteiger partial charge on any atom is 0.117 e. The molecule has 0 amide bonds. The normalized spacial score (nSPS) is 11.3. The molecule has 4 rings (SSSR count). The smallest absolute Gasteiger partial charge is 0.117 e. The summed E-state index contributed by atoms with van der Waals surface area (Å²) in [5, 5.41) is 1.15. The number of hydrogen-bond acceptors (Lipinski definition) is 3. The van der Waals surface area contributed by atoms with E-state index in [0.717, 1.165) is 37.5 Å². The third kappa shape index (κ3) is 5.30. The molecule has 0 aliphatic carbocycles. The number of halogens is 2. The average Bonchev–Trinajstić information content (AvgIpc) is 3.38. The first-order chi connectivity index (χ1) is 14.2. The Labute approximate surface area is 180 Å². The lowest BCUT2D eigenvalue weighted by molar-refractivity contribution is 0.221. The van der Waals surface area contributed by atoms with Crippen molar-refractivity contribution in [1.29, 1.82) is 0 Å². The summed E-state index contributed by atoms with van der Waals surface area (Å²) < 4.78 is 7.81. The topological polar surface area (TPSA) is 34.2 Å². The monoisotopic (exact) mass is 425 g/mol. The van der Waals surface area contributed by atoms with Gasteiger partial charge in [-0.25, -0.2) is 0 Å². The van der Waals surface area contributed by atoms with Crippen LogP contribution in [0.1, 0.15) is 22.6 Å². The molecule has 1 aromatic carbocycles. The fourth-order valence-electron chi connectivity index (χ4n) is 3.35. The van der Waals surface area contributed by atoms with Crippen LogP contribution in [-0.2, 0) is 26.2 Å². The van der Waals surface area contributed by atoms with Crippen LogP contribution in [0.5, 0.6) is 0 Å². The molecule has 0 aliphatic rings. The van der Waals surface area contributed by atoms with Crippen LogP contribution in [0, 0.1) is 0 Å². The van der Waals surface area contributed by atoms with Gasteiger partial charge in [0.2, 0.25) is 0 Å². The largest absolute Gasteiger partial charge is 0.468 e. The highest BCUT2D eigenvalue weighted by atomic mass is 35.5. The van der Waals surface area contributed by atoms with Crippen molar-refractivity contribution >= 4 is 23.2 Å². The second-order valence-corrected chi connectivity index (χ2v) is 7.78. The van der Waals surface area contributed by atoms with Gasteiger partial charge in [0.25, 0.3) is 0 Å². The predicted octanol–water partition coefficient (Wildman–Crippen LogP) is 6.03. The summed E-state index contributed by atoms with van der Waals surface area (Å²) in [6.45, 7) is 3.02. The van der Waals surface area contributed by atoms with Crippen molar-refractivity contribution < 1.29 is 4.42 Å². The van der Waals surface area contributed by atoms with Crippen molar-refractivity contribution in [2.45, 2.75) is 26.2 Å². The summed E-state index contributed by atoms with van der Waals surface area (Å²) in [5.74, 6) is 0.941. The van der Waals surface area contributed by atoms with E-state index in [1.807, 2.05) is 42.6 Å². The maximum atomic E-state index is 6.18. The van der Waals surface area contributed by atoms with Crippen LogP contribution in [0.3, 0.4) is 0 Å². The minimum absolute atomic E-state index is 0.573. The SMILES string of the molecule is Clc1ccc(Cn2cccc2CN(Cc2cccnc2)Cc2ccco2)cc1Cl. The van der Waals surface area contributed by atoms with Gasteiger partial charge >= 0.3 is 0 Å². The molecular formula is C23H21Cl2N3O. The molecule has 4 aromatic rings. The molecule has 0 radical (unpaired) electrons. The Morgan fingerprint density at radius 3 is 2.59 bits per heavy atom. The van der Waals surface area contributed by atoms with Crippen molar-refractivity contribution in [3.05, 3.63) is 112 Å². The lowest BCUT2D eigenvalue weighted by atomic mass is 10.2. The van der Waals surface area contributed by atoms with Gasteiger partial charge in [0.1, 0.15) is 5.76 Å². The molecule has 0 bridgehead atoms. The van der Waals surface area contributed by atoms with Gasteiger partial charge in [-0.15, -0.1) is 0 Å². The molecule has 4 nitrogen and oxygen atoms in total. The van der Waals surface area contributed by atoms with Crippen molar-refractivity contribution in [2.24, 2.45) is 0 Å². The Kier molecular flexibility index (Phi) is 6.35. The van der Waals surface area contributed by atoms with E-state index in [-0.39, 0.29) is 0 Å². The lowest BCUT2D eigenvalue weighted by Crippen LogP contribution is -2.24. The summed E-state index contributed by atoms with van der Waals surface area (Å²) in [7, 11) is 0. The molecule has 3 aromatic heterocycles. The van der Waals surface area contributed by atoms with Crippen molar-refractivity contribution in [3.63, 3.8) is 0 Å². The molecule has 148 valence electrons. The minimum atomic E-state index is 0.573. The fraction of sp³-hybridized carbons (Fsp3) is 0.174. The third-order valence-electron chi connectivity index (χ3n) is 4.73. The predicted molar refractivity (Wildman–Crippen MR) is 116 cm³/mol. The molecule has 0 saturated heterocycles. The molecule has 29 heavy (non-hydrogen) atoms. The van der Waals surface area contributed by atoms with E-state index in [4.69, 9.17) is 27.6 Å². The molecule has 0 N–H and O–H groups in total. The highest BCUT2D eigenvalue weighted by molar-refractivity contribution is 6.42. The Balaban J connectivity index is 1.52. The number of aromatic nitrogens is 2. The van der Waals surface area contributed by atoms with Gasteiger partial charge in [0.15, 0.2) is 0 Å². The number of benzene rings is 1. The van der Waals surface area contributed by atoms with E-state index in [0.29, 0.717) is 10.0 Å². The number of rotatable bonds is 8. The van der Waals surface area contributed by atoms with E-state index >= 15 is 0 Å². The van der Waals surface area contributed by atoms with Crippen LogP contribution in [0.2, 0.25) is 10.0 Å². The average molecular weight is 426 g/mol. The van der Waals surface area contributed by atoms with Gasteiger partial charge in [-0.1, -0.05) is 35.3 Å². The number of nitrogens with zero attached hydrogens (tertiary/aromatic N) is 3. The second kappa shape index (κ2) is 9.31. The zero-order valence-electron chi connectivity index (χ0n) is 15.8. The summed E-state index contributed by atoms with van der Waals surface area (Å²) in [4.78, 5) is 6.59. The molecule has 6 heteroatoms. The number of furan rings is 1. The Morgan fingerprint density at radius 1 is 0.897 bits per heavy atom. The molecule has 0 aliphatic heterocycles. The minimum Gasteiger partial charge on any atom is -0.468 e. The zero-order valence-corrected chi connectivity index (χ0v) is 17.4. The molecule has 0 spiro atoms. The van der Waals surface area contributed by atoms with Gasteiger partial charge in [-0.2, -0.15) is 0 Å². The van der Waals surface area contributed by atoms with Crippen molar-refractivity contribution in [3.8, 4) is 0 Å². The van der Waals surface area contributed by atoms with E-state index in [1.54, 1.807) is 12.5 Å². The number of pyridine rings is 1. The lowest BCUT2D eigenvalue weighted by Gasteiger charge is -2.22. The standard InChI is InChI=1S/C23H21Cl2N3O/c24-22-8-7-18(12-23(22)25)15-28-10-2-5-20(28)16-27(17-21-6-3-11-29-21)14-19-4-1-9-26-13-19/h1-13H,14-17H2. The first-order valence-electron chi connectivity index (χ1n) is 9.39. The summed E-state index contributed by atoms with van der Waals surface area (Å²) in [6.07, 6.45) is 7.50. The van der Waals surface area contributed by atoms with Gasteiger partial charge in [0.05, 0.1) is 22.9 Å². The zero-order chi connectivity index (χ0) is 20.1. The Hall–Kier alpha value is -2.53. The number of hydrogen-bond donors (Lipinski definition) is 0. The molecule has 0 saturated carbocycles. The molecule has 3 heterocycles. The highest BCUT2D eigenvalue weighted by Gasteiger charge is 2.13. The van der Waals surface area contributed by atoms with E-state index < -0.39 is 0 Å². The quantitative estimate of drug-likeness (QED) is 0.345. The third-order valence-corrected chi connectivity index (χ3v) is 5.47. The summed E-state index contributed by atoms with van der Waals surface area (Å²) >= 11 is 12.2. The van der Waals surface area contributed by atoms with Gasteiger partial charge in [0, 0.05) is 43.9 Å². The maximum absolute atomic E-state index is 6.18. The molecular weight excluding hydrogens is 405 g/mol. The fourth-order valence-corrected chi connectivity index (χ4v) is 3.67. The van der Waals surface area contributed by atoms with Crippen molar-refractivity contribution in [2.75, 3.05) is 0 Å². The highest BCUT2D eigenvalue weighted by Crippen LogP contribution is 2.23. The second-order valence-electron chi connectivity index (χ2n) is 6.96. The van der Waals surface area contributed by atoms with Gasteiger partial charge in [-0.3, -0.25) is 9.88 Å². The van der Waals surface area contributed by atoms with E-state index in [9.17, 15) is 0 Å². The molecule has 0 fully saturated rings. The Morgan fingerprint density at radius 2 is 1.83 bits per heavy atom. The molecule has 0 unspecified atom stereocenters. The van der Waals surface area contributed by atoms with Crippen LogP contribution >= 0.6 is 23.2 Å². The summed E-state index contributed by atoms with van der Waals surface area (Å²) in [5.41, 5.74) is 3.50. The van der Waals surface area contributed by atoms with Crippen LogP contribution in [0.25, 0.3) is 0 Å². The molecule has 0 atom stereocenters. The van der Waals surface area contributed by atoms with Gasteiger partial charge < -0.3 is 8.98 Å². The van der Waals surface area contributed by atoms with Crippen LogP contribution < -0.4 is 0 Å². The van der Waals surface area contributed by atoms with Crippen LogP contribution in [0.15, 0.2) is 83.9 Å². The first-order valence-corrected chi connectivity index (χ1v) is 10.1. The van der Waals surface area contributed by atoms with E-state index in [2.05, 4.69) is 38.8 Å².